The summed E-state index contributed by atoms with van der Waals surface area (Å²) in [6.45, 7) is 4.46. The van der Waals surface area contributed by atoms with Gasteiger partial charge in [-0.1, -0.05) is 45.2 Å². The lowest BCUT2D eigenvalue weighted by atomic mass is 9.76. The monoisotopic (exact) mass is 440 g/mol. The smallest absolute Gasteiger partial charge is 0.406 e. The summed E-state index contributed by atoms with van der Waals surface area (Å²) in [4.78, 5) is 0. The summed E-state index contributed by atoms with van der Waals surface area (Å²) in [7, 11) is 0. The number of hydrogen-bond donors (Lipinski definition) is 0. The molecule has 1 aliphatic carbocycles. The molecule has 0 aliphatic heterocycles. The second kappa shape index (κ2) is 10.0. The highest BCUT2D eigenvalue weighted by Gasteiger charge is 2.31. The average Bonchev–Trinajstić information content (AvgIpc) is 2.68. The van der Waals surface area contributed by atoms with Gasteiger partial charge < -0.3 is 4.74 Å². The first kappa shape index (κ1) is 23.6. The summed E-state index contributed by atoms with van der Waals surface area (Å²) in [5.74, 6) is -0.270. The normalized spacial score (nSPS) is 19.6. The molecular weight excluding hydrogens is 411 g/mol. The van der Waals surface area contributed by atoms with Gasteiger partial charge in [0, 0.05) is 0 Å². The molecule has 0 unspecified atom stereocenters. The number of ether oxygens (including phenoxy) is 1. The zero-order chi connectivity index (χ0) is 22.6. The minimum absolute atomic E-state index is 0.141. The van der Waals surface area contributed by atoms with Crippen molar-refractivity contribution in [3.63, 3.8) is 0 Å². The van der Waals surface area contributed by atoms with Crippen molar-refractivity contribution in [1.82, 2.24) is 0 Å². The van der Waals surface area contributed by atoms with E-state index < -0.39 is 23.7 Å². The highest BCUT2D eigenvalue weighted by Crippen LogP contribution is 2.40. The lowest BCUT2D eigenvalue weighted by molar-refractivity contribution is -0.274. The van der Waals surface area contributed by atoms with Crippen LogP contribution in [-0.2, 0) is 0 Å². The molecular formula is C25H29F5O. The van der Waals surface area contributed by atoms with E-state index in [1.165, 1.54) is 43.5 Å². The Morgan fingerprint density at radius 1 is 0.935 bits per heavy atom. The van der Waals surface area contributed by atoms with E-state index in [-0.39, 0.29) is 17.0 Å². The van der Waals surface area contributed by atoms with Gasteiger partial charge in [-0.15, -0.1) is 13.2 Å². The third kappa shape index (κ3) is 6.68. The van der Waals surface area contributed by atoms with Crippen molar-refractivity contribution in [2.75, 3.05) is 0 Å². The summed E-state index contributed by atoms with van der Waals surface area (Å²) < 4.78 is 70.3. The summed E-state index contributed by atoms with van der Waals surface area (Å²) in [5, 5.41) is 0. The van der Waals surface area contributed by atoms with Gasteiger partial charge in [0.2, 0.25) is 0 Å². The van der Waals surface area contributed by atoms with Crippen LogP contribution in [0.5, 0.6) is 5.75 Å². The molecule has 0 amide bonds. The van der Waals surface area contributed by atoms with E-state index in [2.05, 4.69) is 18.6 Å². The van der Waals surface area contributed by atoms with Crippen LogP contribution in [-0.4, -0.2) is 6.36 Å². The highest BCUT2D eigenvalue weighted by atomic mass is 19.4. The Bertz CT molecular complexity index is 826. The minimum atomic E-state index is -4.81. The first-order valence-electron chi connectivity index (χ1n) is 11.0. The van der Waals surface area contributed by atoms with Crippen molar-refractivity contribution in [3.8, 4) is 16.9 Å². The van der Waals surface area contributed by atoms with Crippen LogP contribution in [0.25, 0.3) is 11.1 Å². The van der Waals surface area contributed by atoms with Gasteiger partial charge >= 0.3 is 6.36 Å². The van der Waals surface area contributed by atoms with E-state index in [9.17, 15) is 22.0 Å². The maximum absolute atomic E-state index is 14.8. The lowest BCUT2D eigenvalue weighted by Crippen LogP contribution is -2.17. The van der Waals surface area contributed by atoms with E-state index in [0.717, 1.165) is 37.8 Å². The molecule has 0 aromatic heterocycles. The zero-order valence-electron chi connectivity index (χ0n) is 17.9. The minimum Gasteiger partial charge on any atom is -0.406 e. The molecule has 1 nitrogen and oxygen atoms in total. The third-order valence-corrected chi connectivity index (χ3v) is 6.15. The molecule has 2 aromatic rings. The molecule has 1 fully saturated rings. The standard InChI is InChI=1S/C25H29F5O/c1-16(2)4-3-5-17-6-8-18(9-7-17)20-14-22(26)24(23(27)15-20)19-10-12-21(13-11-19)31-25(28,29)30/h10-18H,3-9H2,1-2H3. The van der Waals surface area contributed by atoms with Crippen molar-refractivity contribution >= 4 is 0 Å². The Morgan fingerprint density at radius 3 is 2.03 bits per heavy atom. The van der Waals surface area contributed by atoms with E-state index in [0.29, 0.717) is 17.4 Å². The van der Waals surface area contributed by atoms with Crippen LogP contribution in [0.2, 0.25) is 0 Å². The average molecular weight is 440 g/mol. The van der Waals surface area contributed by atoms with Crippen molar-refractivity contribution in [2.24, 2.45) is 11.8 Å². The van der Waals surface area contributed by atoms with Crippen LogP contribution in [0.4, 0.5) is 22.0 Å². The largest absolute Gasteiger partial charge is 0.573 e. The molecule has 0 bridgehead atoms. The van der Waals surface area contributed by atoms with Crippen LogP contribution < -0.4 is 4.74 Å². The highest BCUT2D eigenvalue weighted by molar-refractivity contribution is 5.66. The van der Waals surface area contributed by atoms with Gasteiger partial charge in [0.1, 0.15) is 17.4 Å². The molecule has 170 valence electrons. The zero-order valence-corrected chi connectivity index (χ0v) is 17.9. The summed E-state index contributed by atoms with van der Waals surface area (Å²) in [6.07, 6.45) is 2.89. The molecule has 2 aromatic carbocycles. The molecule has 0 N–H and O–H groups in total. The van der Waals surface area contributed by atoms with Gasteiger partial charge in [0.05, 0.1) is 5.56 Å². The van der Waals surface area contributed by atoms with E-state index in [4.69, 9.17) is 0 Å². The molecule has 0 atom stereocenters. The summed E-state index contributed by atoms with van der Waals surface area (Å²) >= 11 is 0. The van der Waals surface area contributed by atoms with Gasteiger partial charge in [-0.25, -0.2) is 8.78 Å². The number of hydrogen-bond acceptors (Lipinski definition) is 1. The first-order chi connectivity index (χ1) is 14.6. The number of benzene rings is 2. The van der Waals surface area contributed by atoms with Crippen molar-refractivity contribution in [1.29, 1.82) is 0 Å². The lowest BCUT2D eigenvalue weighted by Gasteiger charge is -2.29. The molecule has 1 saturated carbocycles. The predicted octanol–water partition coefficient (Wildman–Crippen LogP) is 8.63. The number of alkyl halides is 3. The quantitative estimate of drug-likeness (QED) is 0.392. The Hall–Kier alpha value is -2.11. The van der Waals surface area contributed by atoms with Crippen LogP contribution in [0, 0.1) is 23.5 Å². The topological polar surface area (TPSA) is 9.23 Å². The van der Waals surface area contributed by atoms with Gasteiger partial charge in [0.15, 0.2) is 0 Å². The van der Waals surface area contributed by atoms with Gasteiger partial charge in [-0.3, -0.25) is 0 Å². The molecule has 6 heteroatoms. The van der Waals surface area contributed by atoms with E-state index >= 15 is 0 Å². The summed E-state index contributed by atoms with van der Waals surface area (Å²) in [5.41, 5.74) is 0.603. The molecule has 31 heavy (non-hydrogen) atoms. The first-order valence-corrected chi connectivity index (χ1v) is 11.0. The number of halogens is 5. The molecule has 3 rings (SSSR count). The van der Waals surface area contributed by atoms with Gasteiger partial charge in [0.25, 0.3) is 0 Å². The maximum Gasteiger partial charge on any atom is 0.573 e. The summed E-state index contributed by atoms with van der Waals surface area (Å²) in [6, 6.07) is 7.31. The van der Waals surface area contributed by atoms with E-state index in [1.54, 1.807) is 0 Å². The fourth-order valence-electron chi connectivity index (χ4n) is 4.53. The Balaban J connectivity index is 1.66. The molecule has 0 radical (unpaired) electrons. The van der Waals surface area contributed by atoms with Crippen LogP contribution in [0.15, 0.2) is 36.4 Å². The van der Waals surface area contributed by atoms with Crippen molar-refractivity contribution in [3.05, 3.63) is 53.6 Å². The Labute approximate surface area is 180 Å². The molecule has 0 spiro atoms. The van der Waals surface area contributed by atoms with E-state index in [1.807, 2.05) is 0 Å². The van der Waals surface area contributed by atoms with Gasteiger partial charge in [-0.05, 0) is 78.8 Å². The Morgan fingerprint density at radius 2 is 1.52 bits per heavy atom. The Kier molecular flexibility index (Phi) is 7.60. The fourth-order valence-corrected chi connectivity index (χ4v) is 4.53. The second-order valence-corrected chi connectivity index (χ2v) is 8.97. The molecule has 0 heterocycles. The maximum atomic E-state index is 14.8. The molecule has 1 aliphatic rings. The SMILES string of the molecule is CC(C)CCCC1CCC(c2cc(F)c(-c3ccc(OC(F)(F)F)cc3)c(F)c2)CC1. The van der Waals surface area contributed by atoms with Crippen LogP contribution in [0.1, 0.15) is 70.3 Å². The number of rotatable bonds is 7. The van der Waals surface area contributed by atoms with Crippen LogP contribution in [0.3, 0.4) is 0 Å². The van der Waals surface area contributed by atoms with Crippen molar-refractivity contribution in [2.45, 2.75) is 71.1 Å². The van der Waals surface area contributed by atoms with Gasteiger partial charge in [-0.2, -0.15) is 0 Å². The predicted molar refractivity (Wildman–Crippen MR) is 112 cm³/mol. The second-order valence-electron chi connectivity index (χ2n) is 8.97. The third-order valence-electron chi connectivity index (χ3n) is 6.15. The fraction of sp³-hybridized carbons (Fsp3) is 0.520. The molecule has 0 saturated heterocycles. The van der Waals surface area contributed by atoms with Crippen LogP contribution >= 0.6 is 0 Å². The van der Waals surface area contributed by atoms with Crippen molar-refractivity contribution < 1.29 is 26.7 Å².